The van der Waals surface area contributed by atoms with Crippen LogP contribution in [0.1, 0.15) is 77.7 Å². The van der Waals surface area contributed by atoms with Gasteiger partial charge in [-0.1, -0.05) is 45.2 Å². The Balaban J connectivity index is 0.00000450. The molecule has 0 radical (unpaired) electrons. The Morgan fingerprint density at radius 1 is 1.03 bits per heavy atom. The molecule has 0 heterocycles. The van der Waals surface area contributed by atoms with Gasteiger partial charge >= 0.3 is 18.9 Å². The molecule has 2 unspecified atom stereocenters. The van der Waals surface area contributed by atoms with Gasteiger partial charge in [-0.15, -0.1) is 9.24 Å². The molecule has 0 bridgehead atoms. The average Bonchev–Trinajstić information content (AvgIpc) is 2.68. The summed E-state index contributed by atoms with van der Waals surface area (Å²) < 4.78 is 6.10. The van der Waals surface area contributed by atoms with Gasteiger partial charge in [0.2, 0.25) is 0 Å². The van der Waals surface area contributed by atoms with E-state index in [9.17, 15) is 4.79 Å². The molecule has 4 heteroatoms. The normalized spacial score (nSPS) is 11.7. The molecule has 2 nitrogen and oxygen atoms in total. The zero-order valence-electron chi connectivity index (χ0n) is 19.0. The second kappa shape index (κ2) is 12.7. The molecule has 30 heavy (non-hydrogen) atoms. The van der Waals surface area contributed by atoms with Crippen LogP contribution in [-0.4, -0.2) is 31.3 Å². The van der Waals surface area contributed by atoms with E-state index in [0.29, 0.717) is 12.3 Å². The number of rotatable bonds is 10. The van der Waals surface area contributed by atoms with Crippen molar-refractivity contribution in [2.45, 2.75) is 73.6 Å². The first-order chi connectivity index (χ1) is 13.8. The molecule has 0 amide bonds. The van der Waals surface area contributed by atoms with E-state index in [1.165, 1.54) is 30.4 Å². The molecule has 2 aromatic carbocycles. The van der Waals surface area contributed by atoms with Crippen molar-refractivity contribution in [2.75, 3.05) is 6.61 Å². The molecular formula is C26H38LiO2P. The Labute approximate surface area is 198 Å². The van der Waals surface area contributed by atoms with Gasteiger partial charge in [-0.05, 0) is 85.3 Å². The summed E-state index contributed by atoms with van der Waals surface area (Å²) in [6.07, 6.45) is 5.22. The number of aryl methyl sites for hydroxylation is 2. The molecular weight excluding hydrogens is 382 g/mol. The molecule has 0 aliphatic heterocycles. The maximum absolute atomic E-state index is 13.2. The zero-order valence-corrected chi connectivity index (χ0v) is 20.2. The first-order valence-electron chi connectivity index (χ1n) is 10.9. The number of hydrogen-bond acceptors (Lipinski definition) is 2. The number of benzene rings is 2. The van der Waals surface area contributed by atoms with Gasteiger partial charge in [-0.2, -0.15) is 0 Å². The van der Waals surface area contributed by atoms with Crippen molar-refractivity contribution in [2.24, 2.45) is 5.92 Å². The SMILES string of the molecule is CCCCC(CC)COc1ccc(P)c(CC(=O)c2c(C)cc(C)c(C)c2C)c1.[LiH]. The molecule has 2 atom stereocenters. The zero-order chi connectivity index (χ0) is 21.6. The van der Waals surface area contributed by atoms with Crippen LogP contribution in [0.3, 0.4) is 0 Å². The topological polar surface area (TPSA) is 26.3 Å². The van der Waals surface area contributed by atoms with Crippen LogP contribution >= 0.6 is 9.24 Å². The van der Waals surface area contributed by atoms with Crippen molar-refractivity contribution in [3.63, 3.8) is 0 Å². The first kappa shape index (κ1) is 27.0. The van der Waals surface area contributed by atoms with Gasteiger partial charge < -0.3 is 4.74 Å². The summed E-state index contributed by atoms with van der Waals surface area (Å²) in [6.45, 7) is 13.5. The molecule has 160 valence electrons. The maximum atomic E-state index is 13.2. The third-order valence-corrected chi connectivity index (χ3v) is 6.69. The molecule has 0 aliphatic rings. The van der Waals surface area contributed by atoms with Gasteiger partial charge in [0.05, 0.1) is 6.61 Å². The predicted octanol–water partition coefficient (Wildman–Crippen LogP) is 5.79. The Kier molecular flexibility index (Phi) is 11.4. The molecule has 0 aromatic heterocycles. The fraction of sp³-hybridized carbons (Fsp3) is 0.500. The second-order valence-corrected chi connectivity index (χ2v) is 8.95. The number of ether oxygens (including phenoxy) is 1. The minimum atomic E-state index is 0. The molecule has 0 saturated carbocycles. The standard InChI is InChI=1S/C26H37O2P.Li.H/c1-7-9-10-21(8-2)16-28-23-11-12-25(29)22(14-23)15-24(27)26-18(4)13-17(3)19(5)20(26)6;;/h11-14,21H,7-10,15-16,29H2,1-6H3;;. The first-order valence-corrected chi connectivity index (χ1v) is 11.5. The van der Waals surface area contributed by atoms with E-state index in [1.54, 1.807) is 0 Å². The van der Waals surface area contributed by atoms with Gasteiger partial charge in [-0.3, -0.25) is 4.79 Å². The van der Waals surface area contributed by atoms with Crippen LogP contribution < -0.4 is 10.0 Å². The number of carbonyl (C=O) groups is 1. The van der Waals surface area contributed by atoms with Crippen LogP contribution in [0.5, 0.6) is 5.75 Å². The van der Waals surface area contributed by atoms with Crippen molar-refractivity contribution in [1.82, 2.24) is 0 Å². The summed E-state index contributed by atoms with van der Waals surface area (Å²) in [6, 6.07) is 8.21. The van der Waals surface area contributed by atoms with Crippen molar-refractivity contribution >= 4 is 39.2 Å². The number of Topliss-reactive ketones (excluding diaryl/α,β-unsaturated/α-hetero) is 1. The van der Waals surface area contributed by atoms with Crippen LogP contribution in [-0.2, 0) is 6.42 Å². The average molecular weight is 421 g/mol. The number of hydrogen-bond donors (Lipinski definition) is 0. The van der Waals surface area contributed by atoms with E-state index >= 15 is 0 Å². The third-order valence-electron chi connectivity index (χ3n) is 6.13. The Bertz CT molecular complexity index is 861. The summed E-state index contributed by atoms with van der Waals surface area (Å²) in [7, 11) is 2.76. The number of unbranched alkanes of at least 4 members (excludes halogenated alkanes) is 1. The van der Waals surface area contributed by atoms with Gasteiger partial charge in [0.15, 0.2) is 5.78 Å². The predicted molar refractivity (Wildman–Crippen MR) is 135 cm³/mol. The quantitative estimate of drug-likeness (QED) is 0.276. The molecule has 2 aromatic rings. The van der Waals surface area contributed by atoms with E-state index < -0.39 is 0 Å². The summed E-state index contributed by atoms with van der Waals surface area (Å²) in [5.74, 6) is 1.64. The van der Waals surface area contributed by atoms with Gasteiger partial charge in [0, 0.05) is 12.0 Å². The second-order valence-electron chi connectivity index (χ2n) is 8.32. The van der Waals surface area contributed by atoms with E-state index in [4.69, 9.17) is 4.74 Å². The van der Waals surface area contributed by atoms with Gasteiger partial charge in [0.25, 0.3) is 0 Å². The fourth-order valence-electron chi connectivity index (χ4n) is 3.91. The number of ketones is 1. The summed E-state index contributed by atoms with van der Waals surface area (Å²) in [5, 5.41) is 1.06. The Hall–Kier alpha value is -1.06. The van der Waals surface area contributed by atoms with Crippen LogP contribution in [0, 0.1) is 33.6 Å². The van der Waals surface area contributed by atoms with E-state index in [2.05, 4.69) is 49.9 Å². The summed E-state index contributed by atoms with van der Waals surface area (Å²) in [4.78, 5) is 13.2. The molecule has 0 spiro atoms. The summed E-state index contributed by atoms with van der Waals surface area (Å²) >= 11 is 0. The van der Waals surface area contributed by atoms with Crippen molar-refractivity contribution < 1.29 is 9.53 Å². The van der Waals surface area contributed by atoms with E-state index in [0.717, 1.165) is 46.3 Å². The van der Waals surface area contributed by atoms with Gasteiger partial charge in [0.1, 0.15) is 5.75 Å². The van der Waals surface area contributed by atoms with Crippen LogP contribution in [0.15, 0.2) is 24.3 Å². The Morgan fingerprint density at radius 3 is 2.37 bits per heavy atom. The Morgan fingerprint density at radius 2 is 1.73 bits per heavy atom. The molecule has 0 N–H and O–H groups in total. The fourth-order valence-corrected chi connectivity index (χ4v) is 4.19. The molecule has 0 fully saturated rings. The van der Waals surface area contributed by atoms with Crippen molar-refractivity contribution in [3.05, 3.63) is 57.6 Å². The third kappa shape index (κ3) is 6.98. The van der Waals surface area contributed by atoms with Crippen molar-refractivity contribution in [3.8, 4) is 5.75 Å². The summed E-state index contributed by atoms with van der Waals surface area (Å²) in [5.41, 5.74) is 6.51. The minimum absolute atomic E-state index is 0. The van der Waals surface area contributed by atoms with E-state index in [-0.39, 0.29) is 24.6 Å². The van der Waals surface area contributed by atoms with Crippen molar-refractivity contribution in [1.29, 1.82) is 0 Å². The molecule has 2 rings (SSSR count). The van der Waals surface area contributed by atoms with Crippen LogP contribution in [0.25, 0.3) is 0 Å². The van der Waals surface area contributed by atoms with Gasteiger partial charge in [-0.25, -0.2) is 0 Å². The monoisotopic (exact) mass is 420 g/mol. The van der Waals surface area contributed by atoms with E-state index in [1.807, 2.05) is 25.1 Å². The van der Waals surface area contributed by atoms with Crippen LogP contribution in [0.4, 0.5) is 0 Å². The molecule has 0 aliphatic carbocycles. The molecule has 0 saturated heterocycles. The van der Waals surface area contributed by atoms with Crippen LogP contribution in [0.2, 0.25) is 0 Å². The number of carbonyl (C=O) groups excluding carboxylic acids is 1.